The third-order valence-electron chi connectivity index (χ3n) is 6.65. The van der Waals surface area contributed by atoms with Crippen molar-refractivity contribution in [1.29, 1.82) is 0 Å². The van der Waals surface area contributed by atoms with Crippen LogP contribution in [-0.4, -0.2) is 19.1 Å². The molecule has 6 nitrogen and oxygen atoms in total. The molecule has 1 aliphatic heterocycles. The summed E-state index contributed by atoms with van der Waals surface area (Å²) in [5, 5.41) is 0.751. The summed E-state index contributed by atoms with van der Waals surface area (Å²) in [7, 11) is 0. The number of anilines is 1. The molecular weight excluding hydrogens is 502 g/mol. The first kappa shape index (κ1) is 25.9. The Morgan fingerprint density at radius 3 is 2.55 bits per heavy atom. The van der Waals surface area contributed by atoms with Crippen LogP contribution in [0.4, 0.5) is 5.69 Å². The molecule has 0 bridgehead atoms. The van der Waals surface area contributed by atoms with E-state index in [1.807, 2.05) is 56.3 Å². The first-order valence-electron chi connectivity index (χ1n) is 12.8. The minimum atomic E-state index is -0.720. The molecule has 196 valence electrons. The Kier molecular flexibility index (Phi) is 7.17. The lowest BCUT2D eigenvalue weighted by Gasteiger charge is -2.26. The zero-order valence-corrected chi connectivity index (χ0v) is 22.7. The van der Waals surface area contributed by atoms with E-state index in [-0.39, 0.29) is 22.7 Å². The molecule has 0 fully saturated rings. The predicted molar refractivity (Wildman–Crippen MR) is 150 cm³/mol. The maximum atomic E-state index is 13.9. The largest absolute Gasteiger partial charge is 0.490 e. The van der Waals surface area contributed by atoms with Crippen LogP contribution in [0.3, 0.4) is 0 Å². The monoisotopic (exact) mass is 531 g/mol. The van der Waals surface area contributed by atoms with E-state index in [2.05, 4.69) is 13.8 Å². The Balaban J connectivity index is 1.70. The number of amides is 1. The first-order valence-corrected chi connectivity index (χ1v) is 13.2. The molecule has 5 rings (SSSR count). The van der Waals surface area contributed by atoms with Gasteiger partial charge in [-0.3, -0.25) is 14.5 Å². The highest BCUT2D eigenvalue weighted by Crippen LogP contribution is 2.43. The number of hydrogen-bond acceptors (Lipinski definition) is 5. The van der Waals surface area contributed by atoms with Crippen molar-refractivity contribution in [2.45, 2.75) is 40.2 Å². The van der Waals surface area contributed by atoms with E-state index in [4.69, 9.17) is 25.5 Å². The van der Waals surface area contributed by atoms with E-state index in [0.717, 1.165) is 12.0 Å². The van der Waals surface area contributed by atoms with Crippen molar-refractivity contribution in [2.75, 3.05) is 18.1 Å². The van der Waals surface area contributed by atoms with Crippen LogP contribution in [0, 0.1) is 12.8 Å². The fourth-order valence-corrected chi connectivity index (χ4v) is 4.96. The number of carbonyl (C=O) groups is 1. The molecule has 0 radical (unpaired) electrons. The van der Waals surface area contributed by atoms with Crippen LogP contribution in [0.1, 0.15) is 60.5 Å². The second kappa shape index (κ2) is 10.5. The number of benzene rings is 3. The molecule has 1 aromatic heterocycles. The normalized spacial score (nSPS) is 14.8. The maximum absolute atomic E-state index is 13.9. The summed E-state index contributed by atoms with van der Waals surface area (Å²) in [6, 6.07) is 17.3. The van der Waals surface area contributed by atoms with Gasteiger partial charge in [-0.2, -0.15) is 0 Å². The van der Waals surface area contributed by atoms with E-state index in [9.17, 15) is 9.59 Å². The van der Waals surface area contributed by atoms with Gasteiger partial charge in [-0.05, 0) is 79.8 Å². The SMILES string of the molecule is CCOc1cc(C2c3c(oc4ccc(Cl)cc4c3=O)C(=O)N2c2cccc(C)c2)ccc1OCCC(C)C. The number of fused-ring (bicyclic) bond motifs is 2. The predicted octanol–water partition coefficient (Wildman–Crippen LogP) is 7.33. The number of rotatable bonds is 8. The minimum absolute atomic E-state index is 0.0338. The van der Waals surface area contributed by atoms with Gasteiger partial charge >= 0.3 is 0 Å². The molecule has 0 N–H and O–H groups in total. The molecular formula is C31H30ClNO5. The molecule has 0 aliphatic carbocycles. The van der Waals surface area contributed by atoms with Gasteiger partial charge in [0, 0.05) is 10.7 Å². The lowest BCUT2D eigenvalue weighted by molar-refractivity contribution is 0.0971. The van der Waals surface area contributed by atoms with E-state index in [1.165, 1.54) is 0 Å². The number of halogens is 1. The van der Waals surface area contributed by atoms with Crippen molar-refractivity contribution in [2.24, 2.45) is 5.92 Å². The van der Waals surface area contributed by atoms with Crippen LogP contribution >= 0.6 is 11.6 Å². The number of carbonyl (C=O) groups excluding carboxylic acids is 1. The van der Waals surface area contributed by atoms with Crippen molar-refractivity contribution in [3.05, 3.63) is 98.4 Å². The van der Waals surface area contributed by atoms with E-state index in [0.29, 0.717) is 57.9 Å². The quantitative estimate of drug-likeness (QED) is 0.238. The van der Waals surface area contributed by atoms with E-state index in [1.54, 1.807) is 23.1 Å². The molecule has 7 heteroatoms. The standard InChI is InChI=1S/C31H30ClNO5/c1-5-36-26-16-20(9-11-25(26)37-14-13-18(2)3)28-27-29(34)23-17-21(32)10-12-24(23)38-30(27)31(35)33(28)22-8-6-7-19(4)15-22/h6-12,15-18,28H,5,13-14H2,1-4H3. The van der Waals surface area contributed by atoms with Crippen LogP contribution in [0.2, 0.25) is 5.02 Å². The van der Waals surface area contributed by atoms with Crippen LogP contribution in [0.15, 0.2) is 69.9 Å². The Hall–Kier alpha value is -3.77. The fraction of sp³-hybridized carbons (Fsp3) is 0.290. The topological polar surface area (TPSA) is 69.0 Å². The first-order chi connectivity index (χ1) is 18.3. The zero-order chi connectivity index (χ0) is 27.0. The van der Waals surface area contributed by atoms with E-state index < -0.39 is 6.04 Å². The number of ether oxygens (including phenoxy) is 2. The van der Waals surface area contributed by atoms with Crippen LogP contribution in [0.25, 0.3) is 11.0 Å². The molecule has 0 saturated carbocycles. The smallest absolute Gasteiger partial charge is 0.295 e. The Morgan fingerprint density at radius 1 is 1.00 bits per heavy atom. The number of hydrogen-bond donors (Lipinski definition) is 0. The third kappa shape index (κ3) is 4.76. The fourth-order valence-electron chi connectivity index (χ4n) is 4.79. The molecule has 1 unspecified atom stereocenters. The number of nitrogens with zero attached hydrogens (tertiary/aromatic N) is 1. The summed E-state index contributed by atoms with van der Waals surface area (Å²) in [6.45, 7) is 9.16. The average Bonchev–Trinajstić information content (AvgIpc) is 3.18. The van der Waals surface area contributed by atoms with Gasteiger partial charge in [-0.1, -0.05) is 43.6 Å². The summed E-state index contributed by atoms with van der Waals surface area (Å²) in [6.07, 6.45) is 0.912. The lowest BCUT2D eigenvalue weighted by atomic mass is 9.97. The molecule has 4 aromatic rings. The van der Waals surface area contributed by atoms with Crippen molar-refractivity contribution in [1.82, 2.24) is 0 Å². The second-order valence-corrected chi connectivity index (χ2v) is 10.3. The molecule has 0 spiro atoms. The van der Waals surface area contributed by atoms with Gasteiger partial charge in [0.2, 0.25) is 5.76 Å². The molecule has 0 saturated heterocycles. The summed E-state index contributed by atoms with van der Waals surface area (Å²) >= 11 is 6.21. The van der Waals surface area contributed by atoms with Crippen LogP contribution in [-0.2, 0) is 0 Å². The summed E-state index contributed by atoms with van der Waals surface area (Å²) in [5.74, 6) is 1.36. The highest BCUT2D eigenvalue weighted by Gasteiger charge is 2.44. The molecule has 2 heterocycles. The van der Waals surface area contributed by atoms with Gasteiger partial charge in [-0.25, -0.2) is 0 Å². The van der Waals surface area contributed by atoms with Crippen molar-refractivity contribution < 1.29 is 18.7 Å². The van der Waals surface area contributed by atoms with Gasteiger partial charge in [0.05, 0.1) is 30.2 Å². The molecule has 38 heavy (non-hydrogen) atoms. The molecule has 1 aliphatic rings. The van der Waals surface area contributed by atoms with Crippen LogP contribution < -0.4 is 19.8 Å². The Labute approximate surface area is 226 Å². The van der Waals surface area contributed by atoms with Gasteiger partial charge < -0.3 is 13.9 Å². The summed E-state index contributed by atoms with van der Waals surface area (Å²) in [5.41, 5.74) is 2.69. The van der Waals surface area contributed by atoms with Gasteiger partial charge in [0.1, 0.15) is 5.58 Å². The average molecular weight is 532 g/mol. The van der Waals surface area contributed by atoms with Gasteiger partial charge in [-0.15, -0.1) is 0 Å². The molecule has 3 aromatic carbocycles. The Morgan fingerprint density at radius 2 is 1.82 bits per heavy atom. The maximum Gasteiger partial charge on any atom is 0.295 e. The lowest BCUT2D eigenvalue weighted by Crippen LogP contribution is -2.29. The number of aryl methyl sites for hydroxylation is 1. The summed E-state index contributed by atoms with van der Waals surface area (Å²) in [4.78, 5) is 29.3. The zero-order valence-electron chi connectivity index (χ0n) is 21.9. The highest BCUT2D eigenvalue weighted by molar-refractivity contribution is 6.31. The summed E-state index contributed by atoms with van der Waals surface area (Å²) < 4.78 is 18.0. The second-order valence-electron chi connectivity index (χ2n) is 9.90. The minimum Gasteiger partial charge on any atom is -0.490 e. The van der Waals surface area contributed by atoms with Crippen molar-refractivity contribution in [3.63, 3.8) is 0 Å². The van der Waals surface area contributed by atoms with E-state index >= 15 is 0 Å². The van der Waals surface area contributed by atoms with Crippen molar-refractivity contribution >= 4 is 34.2 Å². The van der Waals surface area contributed by atoms with Crippen molar-refractivity contribution in [3.8, 4) is 11.5 Å². The third-order valence-corrected chi connectivity index (χ3v) is 6.88. The van der Waals surface area contributed by atoms with Crippen LogP contribution in [0.5, 0.6) is 11.5 Å². The van der Waals surface area contributed by atoms with Gasteiger partial charge in [0.25, 0.3) is 5.91 Å². The molecule has 1 atom stereocenters. The Bertz CT molecular complexity index is 1570. The van der Waals surface area contributed by atoms with Gasteiger partial charge in [0.15, 0.2) is 16.9 Å². The highest BCUT2D eigenvalue weighted by atomic mass is 35.5. The molecule has 1 amide bonds.